The van der Waals surface area contributed by atoms with E-state index in [0.29, 0.717) is 6.54 Å². The summed E-state index contributed by atoms with van der Waals surface area (Å²) in [4.78, 5) is 22.8. The van der Waals surface area contributed by atoms with Gasteiger partial charge in [-0.25, -0.2) is 4.79 Å². The lowest BCUT2D eigenvalue weighted by Crippen LogP contribution is -2.48. The van der Waals surface area contributed by atoms with Crippen molar-refractivity contribution in [1.29, 1.82) is 0 Å². The number of urea groups is 1. The lowest BCUT2D eigenvalue weighted by atomic mass is 9.66. The number of nitrogens with one attached hydrogen (secondary N) is 2. The Labute approximate surface area is 120 Å². The second-order valence-corrected chi connectivity index (χ2v) is 6.54. The zero-order valence-corrected chi connectivity index (χ0v) is 12.3. The molecule has 0 aromatic heterocycles. The van der Waals surface area contributed by atoms with Crippen molar-refractivity contribution in [2.75, 3.05) is 6.54 Å². The van der Waals surface area contributed by atoms with E-state index < -0.39 is 5.97 Å². The van der Waals surface area contributed by atoms with E-state index in [2.05, 4.69) is 17.6 Å². The third kappa shape index (κ3) is 4.39. The van der Waals surface area contributed by atoms with Gasteiger partial charge in [0.1, 0.15) is 0 Å². The van der Waals surface area contributed by atoms with Crippen LogP contribution in [0, 0.1) is 11.3 Å². The highest BCUT2D eigenvalue weighted by atomic mass is 16.4. The fraction of sp³-hybridized carbons (Fsp3) is 0.867. The first kappa shape index (κ1) is 15.1. The SMILES string of the molecule is CCC(CC1CC1)NC(=O)NCC1(CC(=O)O)CCC1. The quantitative estimate of drug-likeness (QED) is 0.640. The van der Waals surface area contributed by atoms with Crippen LogP contribution in [0.4, 0.5) is 4.79 Å². The van der Waals surface area contributed by atoms with Crippen LogP contribution < -0.4 is 10.6 Å². The molecule has 0 aromatic rings. The molecule has 0 aromatic carbocycles. The molecule has 2 fully saturated rings. The van der Waals surface area contributed by atoms with Gasteiger partial charge >= 0.3 is 12.0 Å². The highest BCUT2D eigenvalue weighted by molar-refractivity contribution is 5.74. The fourth-order valence-corrected chi connectivity index (χ4v) is 3.00. The predicted molar refractivity (Wildman–Crippen MR) is 76.5 cm³/mol. The van der Waals surface area contributed by atoms with Crippen LogP contribution in [0.1, 0.15) is 58.3 Å². The van der Waals surface area contributed by atoms with Gasteiger partial charge in [-0.05, 0) is 37.0 Å². The van der Waals surface area contributed by atoms with Crippen LogP contribution in [0.5, 0.6) is 0 Å². The molecule has 0 spiro atoms. The molecule has 2 aliphatic carbocycles. The molecule has 2 amide bonds. The molecule has 2 rings (SSSR count). The van der Waals surface area contributed by atoms with E-state index in [-0.39, 0.29) is 23.9 Å². The molecule has 3 N–H and O–H groups in total. The van der Waals surface area contributed by atoms with Crippen LogP contribution in [0.3, 0.4) is 0 Å². The Morgan fingerprint density at radius 1 is 1.35 bits per heavy atom. The molecule has 0 aliphatic heterocycles. The molecular weight excluding hydrogens is 256 g/mol. The molecule has 0 radical (unpaired) electrons. The summed E-state index contributed by atoms with van der Waals surface area (Å²) < 4.78 is 0. The minimum atomic E-state index is -0.771. The molecule has 1 atom stereocenters. The maximum Gasteiger partial charge on any atom is 0.315 e. The molecule has 114 valence electrons. The maximum atomic E-state index is 11.9. The lowest BCUT2D eigenvalue weighted by Gasteiger charge is -2.40. The second kappa shape index (κ2) is 6.46. The van der Waals surface area contributed by atoms with Crippen LogP contribution in [0.2, 0.25) is 0 Å². The first-order chi connectivity index (χ1) is 9.53. The van der Waals surface area contributed by atoms with Crippen LogP contribution in [0.15, 0.2) is 0 Å². The summed E-state index contributed by atoms with van der Waals surface area (Å²) in [5.41, 5.74) is -0.207. The Hall–Kier alpha value is -1.26. The summed E-state index contributed by atoms with van der Waals surface area (Å²) in [7, 11) is 0. The number of hydrogen-bond acceptors (Lipinski definition) is 2. The topological polar surface area (TPSA) is 78.4 Å². The first-order valence-corrected chi connectivity index (χ1v) is 7.79. The summed E-state index contributed by atoms with van der Waals surface area (Å²) in [6, 6.07) is 0.105. The molecule has 5 heteroatoms. The largest absolute Gasteiger partial charge is 0.481 e. The van der Waals surface area contributed by atoms with Crippen molar-refractivity contribution in [2.24, 2.45) is 11.3 Å². The van der Waals surface area contributed by atoms with E-state index in [4.69, 9.17) is 5.11 Å². The predicted octanol–water partition coefficient (Wildman–Crippen LogP) is 2.51. The Morgan fingerprint density at radius 2 is 2.05 bits per heavy atom. The van der Waals surface area contributed by atoms with Gasteiger partial charge < -0.3 is 15.7 Å². The van der Waals surface area contributed by atoms with E-state index in [0.717, 1.165) is 38.0 Å². The Balaban J connectivity index is 1.71. The van der Waals surface area contributed by atoms with Crippen molar-refractivity contribution >= 4 is 12.0 Å². The smallest absolute Gasteiger partial charge is 0.315 e. The van der Waals surface area contributed by atoms with Crippen molar-refractivity contribution in [3.63, 3.8) is 0 Å². The fourth-order valence-electron chi connectivity index (χ4n) is 3.00. The molecule has 5 nitrogen and oxygen atoms in total. The third-order valence-electron chi connectivity index (χ3n) is 4.71. The normalized spacial score (nSPS) is 21.6. The highest BCUT2D eigenvalue weighted by Gasteiger charge is 2.39. The number of rotatable bonds is 8. The van der Waals surface area contributed by atoms with Crippen molar-refractivity contribution in [2.45, 2.75) is 64.3 Å². The average molecular weight is 282 g/mol. The Morgan fingerprint density at radius 3 is 2.50 bits per heavy atom. The molecule has 0 bridgehead atoms. The Kier molecular flexibility index (Phi) is 4.89. The van der Waals surface area contributed by atoms with Gasteiger partial charge in [0.05, 0.1) is 6.42 Å². The number of carboxylic acids is 1. The van der Waals surface area contributed by atoms with Gasteiger partial charge in [0.15, 0.2) is 0 Å². The van der Waals surface area contributed by atoms with Crippen LogP contribution >= 0.6 is 0 Å². The highest BCUT2D eigenvalue weighted by Crippen LogP contribution is 2.43. The van der Waals surface area contributed by atoms with Gasteiger partial charge in [-0.15, -0.1) is 0 Å². The summed E-state index contributed by atoms with van der Waals surface area (Å²) in [6.07, 6.45) is 7.64. The first-order valence-electron chi connectivity index (χ1n) is 7.79. The summed E-state index contributed by atoms with van der Waals surface area (Å²) >= 11 is 0. The van der Waals surface area contributed by atoms with Gasteiger partial charge in [-0.2, -0.15) is 0 Å². The zero-order chi connectivity index (χ0) is 14.6. The number of aliphatic carboxylic acids is 1. The molecule has 0 heterocycles. The van der Waals surface area contributed by atoms with Crippen LogP contribution in [-0.4, -0.2) is 29.7 Å². The van der Waals surface area contributed by atoms with Gasteiger partial charge in [0, 0.05) is 12.6 Å². The Bertz CT molecular complexity index is 362. The van der Waals surface area contributed by atoms with Gasteiger partial charge in [0.2, 0.25) is 0 Å². The maximum absolute atomic E-state index is 11.9. The second-order valence-electron chi connectivity index (χ2n) is 6.54. The van der Waals surface area contributed by atoms with E-state index in [1.54, 1.807) is 0 Å². The van der Waals surface area contributed by atoms with Gasteiger partial charge in [0.25, 0.3) is 0 Å². The van der Waals surface area contributed by atoms with Crippen molar-refractivity contribution in [3.8, 4) is 0 Å². The molecule has 2 saturated carbocycles. The third-order valence-corrected chi connectivity index (χ3v) is 4.71. The lowest BCUT2D eigenvalue weighted by molar-refractivity contribution is -0.141. The van der Waals surface area contributed by atoms with Crippen molar-refractivity contribution in [3.05, 3.63) is 0 Å². The summed E-state index contributed by atoms with van der Waals surface area (Å²) in [5.74, 6) is 0.0253. The van der Waals surface area contributed by atoms with Crippen LogP contribution in [-0.2, 0) is 4.79 Å². The minimum absolute atomic E-state index is 0.144. The van der Waals surface area contributed by atoms with E-state index in [9.17, 15) is 9.59 Å². The van der Waals surface area contributed by atoms with E-state index in [1.165, 1.54) is 12.8 Å². The van der Waals surface area contributed by atoms with E-state index in [1.807, 2.05) is 0 Å². The summed E-state index contributed by atoms with van der Waals surface area (Å²) in [6.45, 7) is 2.57. The van der Waals surface area contributed by atoms with Gasteiger partial charge in [-0.3, -0.25) is 4.79 Å². The average Bonchev–Trinajstić information content (AvgIpc) is 3.15. The number of carboxylic acid groups (broad SMARTS) is 1. The molecule has 20 heavy (non-hydrogen) atoms. The number of carbonyl (C=O) groups is 2. The zero-order valence-electron chi connectivity index (χ0n) is 12.3. The molecule has 1 unspecified atom stereocenters. The van der Waals surface area contributed by atoms with Crippen molar-refractivity contribution < 1.29 is 14.7 Å². The number of hydrogen-bond donors (Lipinski definition) is 3. The molecule has 0 saturated heterocycles. The molecular formula is C15H26N2O3. The monoisotopic (exact) mass is 282 g/mol. The van der Waals surface area contributed by atoms with Gasteiger partial charge in [-0.1, -0.05) is 26.2 Å². The van der Waals surface area contributed by atoms with Crippen molar-refractivity contribution in [1.82, 2.24) is 10.6 Å². The standard InChI is InChI=1S/C15H26N2O3/c1-2-12(8-11-4-5-11)17-14(20)16-10-15(6-3-7-15)9-13(18)19/h11-12H,2-10H2,1H3,(H,18,19)(H2,16,17,20). The van der Waals surface area contributed by atoms with Crippen LogP contribution in [0.25, 0.3) is 0 Å². The van der Waals surface area contributed by atoms with E-state index >= 15 is 0 Å². The molecule has 2 aliphatic rings. The summed E-state index contributed by atoms with van der Waals surface area (Å²) in [5, 5.41) is 14.8. The minimum Gasteiger partial charge on any atom is -0.481 e. The number of carbonyl (C=O) groups excluding carboxylic acids is 1. The number of amides is 2.